The van der Waals surface area contributed by atoms with Gasteiger partial charge in [0.05, 0.1) is 10.4 Å². The number of rotatable bonds is 1. The molecular weight excluding hydrogens is 202 g/mol. The third-order valence-corrected chi connectivity index (χ3v) is 2.59. The summed E-state index contributed by atoms with van der Waals surface area (Å²) in [6, 6.07) is 0. The number of hydrogen-bond donors (Lipinski definition) is 0. The molecule has 0 saturated carbocycles. The van der Waals surface area contributed by atoms with Crippen LogP contribution in [0.1, 0.15) is 13.3 Å². The largest absolute Gasteiger partial charge is 0.280 e. The molecule has 0 saturated heterocycles. The third kappa shape index (κ3) is 1.70. The summed E-state index contributed by atoms with van der Waals surface area (Å²) in [7, 11) is 0. The number of carbonyl (C=O) groups is 1. The zero-order valence-corrected chi connectivity index (χ0v) is 7.92. The van der Waals surface area contributed by atoms with E-state index in [0.717, 1.165) is 0 Å². The van der Waals surface area contributed by atoms with Crippen molar-refractivity contribution < 1.29 is 9.18 Å². The van der Waals surface area contributed by atoms with Crippen molar-refractivity contribution in [2.75, 3.05) is 0 Å². The second kappa shape index (κ2) is 3.19. The predicted octanol–water partition coefficient (Wildman–Crippen LogP) is 3.14. The number of carbonyl (C=O) groups excluding carboxylic acids is 1. The molecule has 0 aliphatic heterocycles. The monoisotopic (exact) mass is 208 g/mol. The van der Waals surface area contributed by atoms with Crippen molar-refractivity contribution in [1.82, 2.24) is 0 Å². The van der Waals surface area contributed by atoms with Crippen molar-refractivity contribution in [3.05, 3.63) is 23.0 Å². The second-order valence-electron chi connectivity index (χ2n) is 2.95. The lowest BCUT2D eigenvalue weighted by Crippen LogP contribution is -2.23. The molecular formula is C8H7Cl2FO. The normalized spacial score (nSPS) is 29.3. The molecule has 4 heteroatoms. The molecule has 0 spiro atoms. The predicted molar refractivity (Wildman–Crippen MR) is 46.7 cm³/mol. The Hall–Kier alpha value is -0.340. The molecule has 0 aromatic rings. The highest BCUT2D eigenvalue weighted by Crippen LogP contribution is 2.37. The fraction of sp³-hybridized carbons (Fsp3) is 0.375. The van der Waals surface area contributed by atoms with Crippen LogP contribution in [0.4, 0.5) is 4.39 Å². The Morgan fingerprint density at radius 2 is 2.33 bits per heavy atom. The van der Waals surface area contributed by atoms with Gasteiger partial charge >= 0.3 is 0 Å². The summed E-state index contributed by atoms with van der Waals surface area (Å²) in [6.45, 7) is 1.57. The average molecular weight is 209 g/mol. The maximum atomic E-state index is 12.9. The van der Waals surface area contributed by atoms with Gasteiger partial charge in [-0.25, -0.2) is 4.39 Å². The first kappa shape index (κ1) is 9.75. The van der Waals surface area contributed by atoms with Gasteiger partial charge in [0, 0.05) is 6.42 Å². The lowest BCUT2D eigenvalue weighted by molar-refractivity contribution is -0.117. The molecule has 1 rings (SSSR count). The van der Waals surface area contributed by atoms with Crippen molar-refractivity contribution in [3.63, 3.8) is 0 Å². The summed E-state index contributed by atoms with van der Waals surface area (Å²) >= 11 is 10.8. The molecule has 12 heavy (non-hydrogen) atoms. The van der Waals surface area contributed by atoms with Gasteiger partial charge in [0.1, 0.15) is 5.83 Å². The van der Waals surface area contributed by atoms with Gasteiger partial charge in [0.2, 0.25) is 5.24 Å². The van der Waals surface area contributed by atoms with Crippen LogP contribution in [0.3, 0.4) is 0 Å². The molecule has 0 amide bonds. The molecule has 1 nitrogen and oxygen atoms in total. The summed E-state index contributed by atoms with van der Waals surface area (Å²) in [4.78, 5) is 10.9. The summed E-state index contributed by atoms with van der Waals surface area (Å²) in [6.07, 6.45) is 2.83. The van der Waals surface area contributed by atoms with E-state index in [2.05, 4.69) is 0 Å². The maximum Gasteiger partial charge on any atom is 0.231 e. The topological polar surface area (TPSA) is 17.1 Å². The van der Waals surface area contributed by atoms with Gasteiger partial charge in [-0.05, 0) is 24.6 Å². The van der Waals surface area contributed by atoms with Crippen LogP contribution >= 0.6 is 23.2 Å². The molecule has 0 aromatic heterocycles. The Labute approximate surface area is 79.8 Å². The summed E-state index contributed by atoms with van der Waals surface area (Å²) in [5, 5.41) is -0.525. The summed E-state index contributed by atoms with van der Waals surface area (Å²) < 4.78 is 12.9. The fourth-order valence-electron chi connectivity index (χ4n) is 0.948. The molecule has 0 fully saturated rings. The minimum absolute atomic E-state index is 0.0467. The first-order valence-corrected chi connectivity index (χ1v) is 4.14. The minimum atomic E-state index is -0.940. The minimum Gasteiger partial charge on any atom is -0.280 e. The van der Waals surface area contributed by atoms with E-state index < -0.39 is 16.5 Å². The van der Waals surface area contributed by atoms with Crippen LogP contribution in [0.15, 0.2) is 23.0 Å². The van der Waals surface area contributed by atoms with E-state index in [0.29, 0.717) is 0 Å². The van der Waals surface area contributed by atoms with E-state index >= 15 is 0 Å². The Morgan fingerprint density at radius 1 is 1.75 bits per heavy atom. The fourth-order valence-corrected chi connectivity index (χ4v) is 1.21. The Balaban J connectivity index is 2.94. The van der Waals surface area contributed by atoms with Crippen molar-refractivity contribution >= 4 is 28.4 Å². The van der Waals surface area contributed by atoms with E-state index in [1.165, 1.54) is 12.2 Å². The second-order valence-corrected chi connectivity index (χ2v) is 3.70. The van der Waals surface area contributed by atoms with Crippen LogP contribution in [0.5, 0.6) is 0 Å². The van der Waals surface area contributed by atoms with Crippen LogP contribution in [0, 0.1) is 5.41 Å². The number of halogens is 3. The first-order chi connectivity index (χ1) is 5.46. The Kier molecular flexibility index (Phi) is 2.59. The Bertz CT molecular complexity index is 283. The Morgan fingerprint density at radius 3 is 2.75 bits per heavy atom. The van der Waals surface area contributed by atoms with Gasteiger partial charge in [-0.1, -0.05) is 17.7 Å². The molecule has 1 aliphatic carbocycles. The van der Waals surface area contributed by atoms with Gasteiger partial charge in [0.15, 0.2) is 0 Å². The molecule has 1 unspecified atom stereocenters. The van der Waals surface area contributed by atoms with E-state index in [4.69, 9.17) is 23.2 Å². The van der Waals surface area contributed by atoms with Crippen LogP contribution in [-0.2, 0) is 4.79 Å². The molecule has 0 N–H and O–H groups in total. The van der Waals surface area contributed by atoms with Gasteiger partial charge in [-0.2, -0.15) is 0 Å². The third-order valence-electron chi connectivity index (χ3n) is 1.83. The molecule has 66 valence electrons. The first-order valence-electron chi connectivity index (χ1n) is 3.39. The highest BCUT2D eigenvalue weighted by molar-refractivity contribution is 6.65. The summed E-state index contributed by atoms with van der Waals surface area (Å²) in [5.41, 5.74) is -0.940. The van der Waals surface area contributed by atoms with Crippen LogP contribution < -0.4 is 0 Å². The van der Waals surface area contributed by atoms with Crippen molar-refractivity contribution in [2.24, 2.45) is 5.41 Å². The SMILES string of the molecule is CC1(C(=O)Cl)C=CC(Cl)=C(F)C1. The maximum absolute atomic E-state index is 12.9. The lowest BCUT2D eigenvalue weighted by Gasteiger charge is -2.23. The molecule has 1 atom stereocenters. The van der Waals surface area contributed by atoms with E-state index in [1.54, 1.807) is 6.92 Å². The van der Waals surface area contributed by atoms with Crippen LogP contribution in [0.2, 0.25) is 0 Å². The smallest absolute Gasteiger partial charge is 0.231 e. The molecule has 0 bridgehead atoms. The van der Waals surface area contributed by atoms with Crippen LogP contribution in [0.25, 0.3) is 0 Å². The van der Waals surface area contributed by atoms with Gasteiger partial charge in [0.25, 0.3) is 0 Å². The highest BCUT2D eigenvalue weighted by Gasteiger charge is 2.33. The van der Waals surface area contributed by atoms with E-state index in [9.17, 15) is 9.18 Å². The molecule has 0 heterocycles. The van der Waals surface area contributed by atoms with Crippen molar-refractivity contribution in [3.8, 4) is 0 Å². The van der Waals surface area contributed by atoms with Crippen LogP contribution in [-0.4, -0.2) is 5.24 Å². The molecule has 0 radical (unpaired) electrons. The zero-order chi connectivity index (χ0) is 9.35. The zero-order valence-electron chi connectivity index (χ0n) is 6.40. The van der Waals surface area contributed by atoms with Gasteiger partial charge in [-0.3, -0.25) is 4.79 Å². The molecule has 0 aromatic carbocycles. The lowest BCUT2D eigenvalue weighted by atomic mass is 9.84. The highest BCUT2D eigenvalue weighted by atomic mass is 35.5. The quantitative estimate of drug-likeness (QED) is 0.606. The average Bonchev–Trinajstić information content (AvgIpc) is 1.97. The molecule has 1 aliphatic rings. The number of hydrogen-bond acceptors (Lipinski definition) is 1. The standard InChI is InChI=1S/C8H7Cl2FO/c1-8(7(10)12)3-2-5(9)6(11)4-8/h2-3H,4H2,1H3. The van der Waals surface area contributed by atoms with E-state index in [-0.39, 0.29) is 11.5 Å². The van der Waals surface area contributed by atoms with Gasteiger partial charge < -0.3 is 0 Å². The summed E-state index contributed by atoms with van der Waals surface area (Å²) in [5.74, 6) is -0.490. The van der Waals surface area contributed by atoms with Gasteiger partial charge in [-0.15, -0.1) is 0 Å². The van der Waals surface area contributed by atoms with Crippen molar-refractivity contribution in [2.45, 2.75) is 13.3 Å². The van der Waals surface area contributed by atoms with Crippen molar-refractivity contribution in [1.29, 1.82) is 0 Å². The number of allylic oxidation sites excluding steroid dienone is 4. The van der Waals surface area contributed by atoms with E-state index in [1.807, 2.05) is 0 Å².